The number of carbonyl (C=O) groups is 1. The Bertz CT molecular complexity index is 593. The summed E-state index contributed by atoms with van der Waals surface area (Å²) >= 11 is 11.8. The molecule has 0 saturated carbocycles. The lowest BCUT2D eigenvalue weighted by molar-refractivity contribution is -0.117. The highest BCUT2D eigenvalue weighted by molar-refractivity contribution is 6.42. The molecule has 19 heavy (non-hydrogen) atoms. The smallest absolute Gasteiger partial charge is 0.141 e. The summed E-state index contributed by atoms with van der Waals surface area (Å²) in [5.74, 6) is 0.133. The second kappa shape index (κ2) is 6.22. The summed E-state index contributed by atoms with van der Waals surface area (Å²) in [5, 5.41) is 5.13. The molecule has 0 radical (unpaired) electrons. The molecule has 1 aromatic heterocycles. The van der Waals surface area contributed by atoms with Crippen molar-refractivity contribution in [3.05, 3.63) is 51.8 Å². The Kier molecular flexibility index (Phi) is 4.61. The van der Waals surface area contributed by atoms with E-state index in [0.717, 1.165) is 17.7 Å². The molecule has 0 aliphatic carbocycles. The molecule has 5 heteroatoms. The van der Waals surface area contributed by atoms with E-state index in [1.165, 1.54) is 0 Å². The minimum atomic E-state index is 0.133. The van der Waals surface area contributed by atoms with Gasteiger partial charge in [-0.25, -0.2) is 0 Å². The van der Waals surface area contributed by atoms with Crippen molar-refractivity contribution in [1.29, 1.82) is 0 Å². The van der Waals surface area contributed by atoms with Gasteiger partial charge < -0.3 is 0 Å². The van der Waals surface area contributed by atoms with E-state index in [1.54, 1.807) is 18.3 Å². The van der Waals surface area contributed by atoms with Crippen molar-refractivity contribution in [3.8, 4) is 0 Å². The molecule has 0 spiro atoms. The number of hydrogen-bond donors (Lipinski definition) is 0. The zero-order valence-corrected chi connectivity index (χ0v) is 12.1. The summed E-state index contributed by atoms with van der Waals surface area (Å²) in [6.45, 7) is 2.81. The van der Waals surface area contributed by atoms with Crippen molar-refractivity contribution >= 4 is 29.0 Å². The van der Waals surface area contributed by atoms with Gasteiger partial charge in [0.15, 0.2) is 0 Å². The summed E-state index contributed by atoms with van der Waals surface area (Å²) in [6.07, 6.45) is 4.37. The van der Waals surface area contributed by atoms with Crippen LogP contribution in [0.3, 0.4) is 0 Å². The quantitative estimate of drug-likeness (QED) is 0.845. The second-order valence-corrected chi connectivity index (χ2v) is 5.16. The van der Waals surface area contributed by atoms with Crippen LogP contribution in [-0.4, -0.2) is 15.6 Å². The van der Waals surface area contributed by atoms with E-state index in [-0.39, 0.29) is 5.78 Å². The first-order valence-corrected chi connectivity index (χ1v) is 6.81. The third-order valence-electron chi connectivity index (χ3n) is 2.80. The van der Waals surface area contributed by atoms with Crippen molar-refractivity contribution < 1.29 is 4.79 Å². The number of Topliss-reactive ketones (excluding diaryl/α,β-unsaturated/α-hetero) is 1. The van der Waals surface area contributed by atoms with Gasteiger partial charge in [-0.2, -0.15) is 5.10 Å². The molecule has 0 amide bonds. The Labute approximate surface area is 122 Å². The molecule has 3 nitrogen and oxygen atoms in total. The molecular weight excluding hydrogens is 283 g/mol. The van der Waals surface area contributed by atoms with Crippen molar-refractivity contribution in [2.45, 2.75) is 26.3 Å². The molecule has 0 unspecified atom stereocenters. The van der Waals surface area contributed by atoms with E-state index in [4.69, 9.17) is 23.2 Å². The Morgan fingerprint density at radius 3 is 2.58 bits per heavy atom. The normalized spacial score (nSPS) is 10.7. The topological polar surface area (TPSA) is 34.9 Å². The predicted octanol–water partition coefficient (Wildman–Crippen LogP) is 3.56. The fraction of sp³-hybridized carbons (Fsp3) is 0.286. The van der Waals surface area contributed by atoms with Crippen LogP contribution < -0.4 is 0 Å². The number of benzene rings is 1. The fourth-order valence-electron chi connectivity index (χ4n) is 1.84. The average Bonchev–Trinajstić information content (AvgIpc) is 2.81. The molecular formula is C14H14Cl2N2O. The molecule has 2 rings (SSSR count). The zero-order valence-electron chi connectivity index (χ0n) is 10.6. The van der Waals surface area contributed by atoms with Crippen LogP contribution in [0.5, 0.6) is 0 Å². The molecule has 1 aromatic carbocycles. The van der Waals surface area contributed by atoms with E-state index in [1.807, 2.05) is 23.9 Å². The number of aryl methyl sites for hydroxylation is 1. The Hall–Kier alpha value is -1.32. The van der Waals surface area contributed by atoms with Gasteiger partial charge in [0.2, 0.25) is 0 Å². The third-order valence-corrected chi connectivity index (χ3v) is 3.54. The summed E-state index contributed by atoms with van der Waals surface area (Å²) in [4.78, 5) is 12.0. The van der Waals surface area contributed by atoms with Crippen LogP contribution in [0.15, 0.2) is 30.6 Å². The third kappa shape index (κ3) is 3.82. The molecule has 0 fully saturated rings. The minimum Gasteiger partial charge on any atom is -0.299 e. The minimum absolute atomic E-state index is 0.133. The van der Waals surface area contributed by atoms with Crippen molar-refractivity contribution in [2.24, 2.45) is 0 Å². The summed E-state index contributed by atoms with van der Waals surface area (Å²) in [7, 11) is 0. The molecule has 100 valence electrons. The Balaban J connectivity index is 1.98. The van der Waals surface area contributed by atoms with Gasteiger partial charge in [-0.05, 0) is 30.2 Å². The van der Waals surface area contributed by atoms with Crippen molar-refractivity contribution in [1.82, 2.24) is 9.78 Å². The molecule has 0 atom stereocenters. The highest BCUT2D eigenvalue weighted by atomic mass is 35.5. The van der Waals surface area contributed by atoms with Gasteiger partial charge in [0.1, 0.15) is 5.78 Å². The number of aromatic nitrogens is 2. The molecule has 0 aliphatic heterocycles. The maximum Gasteiger partial charge on any atom is 0.141 e. The molecule has 0 bridgehead atoms. The lowest BCUT2D eigenvalue weighted by Gasteiger charge is -2.02. The van der Waals surface area contributed by atoms with E-state index in [2.05, 4.69) is 5.10 Å². The van der Waals surface area contributed by atoms with Gasteiger partial charge in [-0.3, -0.25) is 9.48 Å². The number of ketones is 1. The molecule has 1 heterocycles. The van der Waals surface area contributed by atoms with Gasteiger partial charge in [-0.1, -0.05) is 29.3 Å². The summed E-state index contributed by atoms with van der Waals surface area (Å²) < 4.78 is 1.81. The van der Waals surface area contributed by atoms with Crippen LogP contribution in [0.4, 0.5) is 0 Å². The highest BCUT2D eigenvalue weighted by Crippen LogP contribution is 2.23. The second-order valence-electron chi connectivity index (χ2n) is 4.34. The molecule has 0 aliphatic rings. The van der Waals surface area contributed by atoms with Gasteiger partial charge in [0.25, 0.3) is 0 Å². The highest BCUT2D eigenvalue weighted by Gasteiger charge is 2.08. The van der Waals surface area contributed by atoms with Crippen LogP contribution in [-0.2, 0) is 24.2 Å². The number of rotatable bonds is 5. The Morgan fingerprint density at radius 2 is 1.95 bits per heavy atom. The Morgan fingerprint density at radius 1 is 1.21 bits per heavy atom. The average molecular weight is 297 g/mol. The number of carbonyl (C=O) groups excluding carboxylic acids is 1. The molecule has 0 N–H and O–H groups in total. The van der Waals surface area contributed by atoms with E-state index in [9.17, 15) is 4.79 Å². The first-order valence-electron chi connectivity index (χ1n) is 6.05. The molecule has 2 aromatic rings. The summed E-state index contributed by atoms with van der Waals surface area (Å²) in [6, 6.07) is 5.26. The number of hydrogen-bond acceptors (Lipinski definition) is 2. The van der Waals surface area contributed by atoms with Gasteiger partial charge in [0, 0.05) is 25.6 Å². The van der Waals surface area contributed by atoms with Crippen molar-refractivity contribution in [3.63, 3.8) is 0 Å². The van der Waals surface area contributed by atoms with Crippen LogP contribution in [0.2, 0.25) is 10.0 Å². The SMILES string of the molecule is CCn1cc(CC(=O)Cc2ccc(Cl)c(Cl)c2)cn1. The summed E-state index contributed by atoms with van der Waals surface area (Å²) in [5.41, 5.74) is 1.81. The van der Waals surface area contributed by atoms with Crippen LogP contribution >= 0.6 is 23.2 Å². The maximum absolute atomic E-state index is 12.0. The first kappa shape index (κ1) is 14.1. The maximum atomic E-state index is 12.0. The monoisotopic (exact) mass is 296 g/mol. The van der Waals surface area contributed by atoms with Gasteiger partial charge in [0.05, 0.1) is 16.2 Å². The van der Waals surface area contributed by atoms with Crippen LogP contribution in [0.25, 0.3) is 0 Å². The first-order chi connectivity index (χ1) is 9.08. The van der Waals surface area contributed by atoms with Crippen molar-refractivity contribution in [2.75, 3.05) is 0 Å². The van der Waals surface area contributed by atoms with Gasteiger partial charge in [-0.15, -0.1) is 0 Å². The fourth-order valence-corrected chi connectivity index (χ4v) is 2.16. The van der Waals surface area contributed by atoms with Crippen LogP contribution in [0, 0.1) is 0 Å². The number of halogens is 2. The zero-order chi connectivity index (χ0) is 13.8. The lowest BCUT2D eigenvalue weighted by atomic mass is 10.0. The standard InChI is InChI=1S/C14H14Cl2N2O/c1-2-18-9-11(8-17-18)6-12(19)5-10-3-4-13(15)14(16)7-10/h3-4,7-9H,2,5-6H2,1H3. The van der Waals surface area contributed by atoms with Crippen LogP contribution in [0.1, 0.15) is 18.1 Å². The predicted molar refractivity (Wildman–Crippen MR) is 76.8 cm³/mol. The van der Waals surface area contributed by atoms with E-state index >= 15 is 0 Å². The van der Waals surface area contributed by atoms with E-state index in [0.29, 0.717) is 22.9 Å². The van der Waals surface area contributed by atoms with Gasteiger partial charge >= 0.3 is 0 Å². The molecule has 0 saturated heterocycles. The number of nitrogens with zero attached hydrogens (tertiary/aromatic N) is 2. The van der Waals surface area contributed by atoms with E-state index < -0.39 is 0 Å². The lowest BCUT2D eigenvalue weighted by Crippen LogP contribution is -2.06. The largest absolute Gasteiger partial charge is 0.299 e.